The zero-order chi connectivity index (χ0) is 10.6. The van der Waals surface area contributed by atoms with Gasteiger partial charge in [-0.15, -0.1) is 0 Å². The molecule has 1 aliphatic rings. The van der Waals surface area contributed by atoms with Gasteiger partial charge >= 0.3 is 0 Å². The molecule has 1 aliphatic heterocycles. The molecule has 0 aliphatic carbocycles. The van der Waals surface area contributed by atoms with Crippen LogP contribution in [-0.2, 0) is 11.0 Å². The van der Waals surface area contributed by atoms with Crippen molar-refractivity contribution in [3.8, 4) is 0 Å². The highest BCUT2D eigenvalue weighted by atomic mass is 32.2. The summed E-state index contributed by atoms with van der Waals surface area (Å²) in [6.07, 6.45) is 4.30. The molecule has 0 aromatic heterocycles. The molecule has 1 rings (SSSR count). The Bertz CT molecular complexity index is 227. The lowest BCUT2D eigenvalue weighted by Gasteiger charge is -2.18. The molecular formula is C10H19NOS2. The van der Waals surface area contributed by atoms with Crippen LogP contribution in [0.25, 0.3) is 0 Å². The minimum atomic E-state index is -1.08. The van der Waals surface area contributed by atoms with E-state index in [4.69, 9.17) is 0 Å². The van der Waals surface area contributed by atoms with Gasteiger partial charge in [-0.05, 0) is 51.0 Å². The molecule has 0 saturated carbocycles. The summed E-state index contributed by atoms with van der Waals surface area (Å²) in [5.74, 6) is 3.00. The van der Waals surface area contributed by atoms with Gasteiger partial charge in [0, 0.05) is 6.21 Å². The predicted molar refractivity (Wildman–Crippen MR) is 66.4 cm³/mol. The van der Waals surface area contributed by atoms with E-state index in [1.165, 1.54) is 24.3 Å². The van der Waals surface area contributed by atoms with Crippen LogP contribution in [0.2, 0.25) is 0 Å². The molecule has 1 fully saturated rings. The van der Waals surface area contributed by atoms with E-state index in [0.29, 0.717) is 5.92 Å². The predicted octanol–water partition coefficient (Wildman–Crippen LogP) is 2.66. The van der Waals surface area contributed by atoms with Crippen LogP contribution in [0.5, 0.6) is 0 Å². The van der Waals surface area contributed by atoms with Gasteiger partial charge in [0.15, 0.2) is 0 Å². The summed E-state index contributed by atoms with van der Waals surface area (Å²) >= 11 is 2.00. The third kappa shape index (κ3) is 4.13. The van der Waals surface area contributed by atoms with Gasteiger partial charge in [-0.25, -0.2) is 4.21 Å². The van der Waals surface area contributed by atoms with Crippen LogP contribution in [0.1, 0.15) is 33.6 Å². The molecule has 0 radical (unpaired) electrons. The molecule has 0 unspecified atom stereocenters. The van der Waals surface area contributed by atoms with Crippen molar-refractivity contribution in [2.45, 2.75) is 38.4 Å². The van der Waals surface area contributed by atoms with Crippen molar-refractivity contribution >= 4 is 29.0 Å². The first kappa shape index (κ1) is 12.2. The van der Waals surface area contributed by atoms with Gasteiger partial charge < -0.3 is 0 Å². The molecule has 0 bridgehead atoms. The van der Waals surface area contributed by atoms with Crippen LogP contribution < -0.4 is 0 Å². The molecule has 1 atom stereocenters. The van der Waals surface area contributed by atoms with Gasteiger partial charge in [0.25, 0.3) is 0 Å². The fourth-order valence-electron chi connectivity index (χ4n) is 1.16. The summed E-state index contributed by atoms with van der Waals surface area (Å²) in [4.78, 5) is 0. The van der Waals surface area contributed by atoms with Crippen molar-refractivity contribution in [1.82, 2.24) is 0 Å². The van der Waals surface area contributed by atoms with Gasteiger partial charge in [0.2, 0.25) is 0 Å². The van der Waals surface area contributed by atoms with Crippen LogP contribution in [-0.4, -0.2) is 26.7 Å². The van der Waals surface area contributed by atoms with Gasteiger partial charge in [0.05, 0.1) is 4.75 Å². The Hall–Kier alpha value is 0.170. The number of rotatable bonds is 2. The Labute approximate surface area is 93.5 Å². The maximum absolute atomic E-state index is 11.6. The maximum Gasteiger partial charge on any atom is 0.144 e. The Morgan fingerprint density at radius 2 is 1.93 bits per heavy atom. The van der Waals surface area contributed by atoms with Crippen LogP contribution in [0.15, 0.2) is 4.40 Å². The van der Waals surface area contributed by atoms with E-state index >= 15 is 0 Å². The average molecular weight is 233 g/mol. The number of thioether (sulfide) groups is 1. The van der Waals surface area contributed by atoms with Crippen molar-refractivity contribution in [2.75, 3.05) is 11.5 Å². The molecule has 1 saturated heterocycles. The summed E-state index contributed by atoms with van der Waals surface area (Å²) in [7, 11) is -1.08. The van der Waals surface area contributed by atoms with Crippen LogP contribution >= 0.6 is 11.8 Å². The number of nitrogens with zero attached hydrogens (tertiary/aromatic N) is 1. The van der Waals surface area contributed by atoms with Gasteiger partial charge in [-0.3, -0.25) is 0 Å². The van der Waals surface area contributed by atoms with Crippen molar-refractivity contribution in [3.05, 3.63) is 0 Å². The Balaban J connectivity index is 2.42. The van der Waals surface area contributed by atoms with Gasteiger partial charge in [0.1, 0.15) is 11.0 Å². The zero-order valence-electron chi connectivity index (χ0n) is 9.16. The minimum Gasteiger partial charge on any atom is -0.234 e. The fraction of sp³-hybridized carbons (Fsp3) is 0.900. The molecule has 0 aromatic carbocycles. The quantitative estimate of drug-likeness (QED) is 0.686. The standard InChI is InChI=1S/C10H19NOS2/c1-10(2,3)14(12)11-8-9-4-6-13-7-5-9/h8-9H,4-7H2,1-3H3/t14-/m1/s1. The third-order valence-corrected chi connectivity index (χ3v) is 4.57. The molecule has 0 spiro atoms. The Morgan fingerprint density at radius 1 is 1.36 bits per heavy atom. The average Bonchev–Trinajstić information content (AvgIpc) is 2.14. The lowest BCUT2D eigenvalue weighted by molar-refractivity contribution is 0.642. The zero-order valence-corrected chi connectivity index (χ0v) is 10.8. The topological polar surface area (TPSA) is 29.4 Å². The summed E-state index contributed by atoms with van der Waals surface area (Å²) in [5, 5.41) is 0. The highest BCUT2D eigenvalue weighted by molar-refractivity contribution is 7.99. The Morgan fingerprint density at radius 3 is 2.43 bits per heavy atom. The summed E-state index contributed by atoms with van der Waals surface area (Å²) in [6.45, 7) is 5.87. The molecule has 2 nitrogen and oxygen atoms in total. The summed E-state index contributed by atoms with van der Waals surface area (Å²) in [5.41, 5.74) is 0. The lowest BCUT2D eigenvalue weighted by atomic mass is 10.1. The maximum atomic E-state index is 11.6. The number of hydrogen-bond acceptors (Lipinski definition) is 2. The number of hydrogen-bond donors (Lipinski definition) is 0. The molecule has 4 heteroatoms. The summed E-state index contributed by atoms with van der Waals surface area (Å²) in [6, 6.07) is 0. The highest BCUT2D eigenvalue weighted by Crippen LogP contribution is 2.21. The third-order valence-electron chi connectivity index (χ3n) is 2.16. The molecule has 82 valence electrons. The SMILES string of the molecule is CC(C)(C)[S@@](=O)N=CC1CCSCC1. The highest BCUT2D eigenvalue weighted by Gasteiger charge is 2.19. The van der Waals surface area contributed by atoms with Crippen molar-refractivity contribution in [2.24, 2.45) is 10.3 Å². The molecule has 14 heavy (non-hydrogen) atoms. The molecule has 0 N–H and O–H groups in total. The fourth-order valence-corrected chi connectivity index (χ4v) is 2.91. The van der Waals surface area contributed by atoms with E-state index in [2.05, 4.69) is 4.40 Å². The summed E-state index contributed by atoms with van der Waals surface area (Å²) < 4.78 is 15.5. The van der Waals surface area contributed by atoms with Crippen LogP contribution in [0.4, 0.5) is 0 Å². The smallest absolute Gasteiger partial charge is 0.144 e. The monoisotopic (exact) mass is 233 g/mol. The minimum absolute atomic E-state index is 0.222. The van der Waals surface area contributed by atoms with E-state index in [1.54, 1.807) is 0 Å². The largest absolute Gasteiger partial charge is 0.234 e. The molecule has 0 amide bonds. The Kier molecular flexibility index (Phi) is 4.64. The van der Waals surface area contributed by atoms with E-state index in [9.17, 15) is 4.21 Å². The second kappa shape index (κ2) is 5.31. The van der Waals surface area contributed by atoms with Gasteiger partial charge in [-0.2, -0.15) is 16.2 Å². The first-order chi connectivity index (χ1) is 6.50. The second-order valence-corrected chi connectivity index (χ2v) is 7.72. The van der Waals surface area contributed by atoms with Crippen molar-refractivity contribution in [1.29, 1.82) is 0 Å². The first-order valence-corrected chi connectivity index (χ1v) is 7.30. The van der Waals surface area contributed by atoms with Crippen molar-refractivity contribution in [3.63, 3.8) is 0 Å². The normalized spacial score (nSPS) is 22.8. The van der Waals surface area contributed by atoms with Crippen LogP contribution in [0, 0.1) is 5.92 Å². The van der Waals surface area contributed by atoms with E-state index < -0.39 is 11.0 Å². The van der Waals surface area contributed by atoms with E-state index in [0.717, 1.165) is 0 Å². The molecular weight excluding hydrogens is 214 g/mol. The second-order valence-electron chi connectivity index (χ2n) is 4.57. The lowest BCUT2D eigenvalue weighted by Crippen LogP contribution is -2.20. The van der Waals surface area contributed by atoms with Crippen molar-refractivity contribution < 1.29 is 4.21 Å². The van der Waals surface area contributed by atoms with E-state index in [1.807, 2.05) is 38.7 Å². The molecule has 1 heterocycles. The van der Waals surface area contributed by atoms with Crippen LogP contribution in [0.3, 0.4) is 0 Å². The first-order valence-electron chi connectivity index (χ1n) is 5.04. The van der Waals surface area contributed by atoms with E-state index in [-0.39, 0.29) is 4.75 Å². The molecule has 0 aromatic rings. The van der Waals surface area contributed by atoms with Gasteiger partial charge in [-0.1, -0.05) is 0 Å².